The van der Waals surface area contributed by atoms with E-state index in [0.29, 0.717) is 10.4 Å². The van der Waals surface area contributed by atoms with E-state index in [2.05, 4.69) is 5.32 Å². The van der Waals surface area contributed by atoms with Crippen LogP contribution in [-0.4, -0.2) is 28.0 Å². The number of rotatable bonds is 8. The number of methoxy groups -OCH3 is 1. The predicted octanol–water partition coefficient (Wildman–Crippen LogP) is 4.29. The molecule has 0 aliphatic rings. The summed E-state index contributed by atoms with van der Waals surface area (Å²) in [7, 11) is -3.50. The molecule has 0 saturated heterocycles. The first-order chi connectivity index (χ1) is 15.1. The van der Waals surface area contributed by atoms with Crippen molar-refractivity contribution in [1.82, 2.24) is 5.32 Å². The molecule has 0 saturated carbocycles. The number of para-hydroxylation sites is 2. The van der Waals surface area contributed by atoms with Crippen molar-refractivity contribution in [1.29, 1.82) is 0 Å². The molecule has 170 valence electrons. The van der Waals surface area contributed by atoms with Crippen molar-refractivity contribution in [3.8, 4) is 5.75 Å². The second-order valence-corrected chi connectivity index (χ2v) is 9.40. The Morgan fingerprint density at radius 2 is 1.75 bits per heavy atom. The summed E-state index contributed by atoms with van der Waals surface area (Å²) in [5, 5.41) is 4.41. The molecule has 6 nitrogen and oxygen atoms in total. The highest BCUT2D eigenvalue weighted by molar-refractivity contribution is 7.93. The predicted molar refractivity (Wildman–Crippen MR) is 115 cm³/mol. The molecular formula is C21H19F3N2O4S2. The lowest BCUT2D eigenvalue weighted by Crippen LogP contribution is -2.41. The van der Waals surface area contributed by atoms with Crippen LogP contribution in [0.25, 0.3) is 0 Å². The molecular weight excluding hydrogens is 465 g/mol. The number of sulfonamides is 1. The summed E-state index contributed by atoms with van der Waals surface area (Å²) in [4.78, 5) is 12.5. The molecule has 0 atom stereocenters. The fourth-order valence-corrected chi connectivity index (χ4v) is 5.26. The summed E-state index contributed by atoms with van der Waals surface area (Å²) >= 11 is 1.40. The summed E-state index contributed by atoms with van der Waals surface area (Å²) in [6.45, 7) is -0.574. The monoisotopic (exact) mass is 484 g/mol. The largest absolute Gasteiger partial charge is 0.495 e. The Bertz CT molecular complexity index is 1180. The van der Waals surface area contributed by atoms with E-state index in [1.807, 2.05) is 5.38 Å². The average molecular weight is 485 g/mol. The van der Waals surface area contributed by atoms with Crippen LogP contribution in [0.3, 0.4) is 0 Å². The number of hydrogen-bond donors (Lipinski definition) is 1. The molecule has 1 amide bonds. The summed E-state index contributed by atoms with van der Waals surface area (Å²) in [5.41, 5.74) is -1.38. The Balaban J connectivity index is 2.03. The molecule has 3 aromatic rings. The first-order valence-electron chi connectivity index (χ1n) is 9.25. The number of thiophene rings is 1. The minimum atomic E-state index is -4.91. The van der Waals surface area contributed by atoms with Gasteiger partial charge < -0.3 is 10.1 Å². The van der Waals surface area contributed by atoms with Gasteiger partial charge in [-0.15, -0.1) is 11.3 Å². The molecule has 3 rings (SSSR count). The number of halogens is 3. The van der Waals surface area contributed by atoms with Crippen LogP contribution in [0.5, 0.6) is 5.75 Å². The molecule has 0 bridgehead atoms. The number of carbonyl (C=O) groups excluding carboxylic acids is 1. The normalized spacial score (nSPS) is 11.8. The molecule has 0 spiro atoms. The van der Waals surface area contributed by atoms with Gasteiger partial charge in [0.05, 0.1) is 29.8 Å². The number of carbonyl (C=O) groups is 1. The molecule has 0 aliphatic heterocycles. The van der Waals surface area contributed by atoms with Crippen molar-refractivity contribution >= 4 is 33.0 Å². The quantitative estimate of drug-likeness (QED) is 0.518. The van der Waals surface area contributed by atoms with Crippen LogP contribution in [0.15, 0.2) is 70.9 Å². The number of nitrogens with zero attached hydrogens (tertiary/aromatic N) is 1. The average Bonchev–Trinajstić information content (AvgIpc) is 3.29. The van der Waals surface area contributed by atoms with Gasteiger partial charge in [-0.1, -0.05) is 30.3 Å². The van der Waals surface area contributed by atoms with E-state index in [9.17, 15) is 26.4 Å². The van der Waals surface area contributed by atoms with E-state index in [4.69, 9.17) is 4.74 Å². The fourth-order valence-electron chi connectivity index (χ4n) is 2.97. The second kappa shape index (κ2) is 9.61. The zero-order chi connectivity index (χ0) is 23.4. The van der Waals surface area contributed by atoms with Crippen molar-refractivity contribution in [2.45, 2.75) is 17.6 Å². The van der Waals surface area contributed by atoms with E-state index in [-0.39, 0.29) is 18.0 Å². The second-order valence-electron chi connectivity index (χ2n) is 6.53. The molecule has 1 N–H and O–H groups in total. The van der Waals surface area contributed by atoms with Crippen molar-refractivity contribution in [2.75, 3.05) is 18.0 Å². The molecule has 32 heavy (non-hydrogen) atoms. The van der Waals surface area contributed by atoms with Gasteiger partial charge in [0.25, 0.3) is 10.0 Å². The van der Waals surface area contributed by atoms with Crippen molar-refractivity contribution in [3.63, 3.8) is 0 Å². The van der Waals surface area contributed by atoms with Gasteiger partial charge in [-0.05, 0) is 35.7 Å². The number of alkyl halides is 3. The minimum absolute atomic E-state index is 0.0572. The Kier molecular flexibility index (Phi) is 7.09. The number of hydrogen-bond acceptors (Lipinski definition) is 5. The Hall–Kier alpha value is -3.05. The van der Waals surface area contributed by atoms with Gasteiger partial charge in [-0.25, -0.2) is 8.42 Å². The molecule has 0 fully saturated rings. The highest BCUT2D eigenvalue weighted by Gasteiger charge is 2.40. The van der Waals surface area contributed by atoms with E-state index >= 15 is 0 Å². The van der Waals surface area contributed by atoms with Crippen molar-refractivity contribution in [3.05, 3.63) is 76.5 Å². The highest BCUT2D eigenvalue weighted by atomic mass is 32.2. The maximum Gasteiger partial charge on any atom is 0.417 e. The summed E-state index contributed by atoms with van der Waals surface area (Å²) < 4.78 is 73.3. The SMILES string of the molecule is COc1ccccc1N(CC(=O)NCc1cccs1)S(=O)(=O)c1ccccc1C(F)(F)F. The zero-order valence-corrected chi connectivity index (χ0v) is 18.4. The smallest absolute Gasteiger partial charge is 0.417 e. The van der Waals surface area contributed by atoms with Gasteiger partial charge in [0, 0.05) is 4.88 Å². The van der Waals surface area contributed by atoms with Crippen LogP contribution in [0, 0.1) is 0 Å². The number of benzene rings is 2. The molecule has 1 aromatic heterocycles. The highest BCUT2D eigenvalue weighted by Crippen LogP contribution is 2.38. The summed E-state index contributed by atoms with van der Waals surface area (Å²) in [6.07, 6.45) is -4.91. The maximum atomic E-state index is 13.5. The fraction of sp³-hybridized carbons (Fsp3) is 0.190. The summed E-state index contributed by atoms with van der Waals surface area (Å²) in [6, 6.07) is 13.3. The van der Waals surface area contributed by atoms with Crippen LogP contribution < -0.4 is 14.4 Å². The van der Waals surface area contributed by atoms with Crippen molar-refractivity contribution < 1.29 is 31.1 Å². The van der Waals surface area contributed by atoms with Crippen LogP contribution in [-0.2, 0) is 27.5 Å². The van der Waals surface area contributed by atoms with Gasteiger partial charge in [0.2, 0.25) is 5.91 Å². The Morgan fingerprint density at radius 1 is 1.06 bits per heavy atom. The van der Waals surface area contributed by atoms with E-state index in [0.717, 1.165) is 17.0 Å². The van der Waals surface area contributed by atoms with Crippen LogP contribution in [0.2, 0.25) is 0 Å². The maximum absolute atomic E-state index is 13.5. The first-order valence-corrected chi connectivity index (χ1v) is 11.6. The summed E-state index contributed by atoms with van der Waals surface area (Å²) in [5.74, 6) is -0.594. The number of anilines is 1. The van der Waals surface area contributed by atoms with E-state index in [1.54, 1.807) is 18.2 Å². The number of nitrogens with one attached hydrogen (secondary N) is 1. The van der Waals surface area contributed by atoms with Crippen molar-refractivity contribution in [2.24, 2.45) is 0 Å². The van der Waals surface area contributed by atoms with Crippen LogP contribution in [0.4, 0.5) is 18.9 Å². The van der Waals surface area contributed by atoms with Crippen LogP contribution in [0.1, 0.15) is 10.4 Å². The molecule has 0 radical (unpaired) electrons. The first kappa shape index (κ1) is 23.6. The molecule has 1 heterocycles. The van der Waals surface area contributed by atoms with Gasteiger partial charge in [0.15, 0.2) is 0 Å². The number of amides is 1. The lowest BCUT2D eigenvalue weighted by Gasteiger charge is -2.26. The minimum Gasteiger partial charge on any atom is -0.495 e. The van der Waals surface area contributed by atoms with Gasteiger partial charge in [-0.2, -0.15) is 13.2 Å². The standard InChI is InChI=1S/C21H19F3N2O4S2/c1-30-18-10-4-3-9-17(18)26(14-20(27)25-13-15-7-6-12-31-15)32(28,29)19-11-5-2-8-16(19)21(22,23)24/h2-12H,13-14H2,1H3,(H,25,27). The van der Waals surface area contributed by atoms with Gasteiger partial charge >= 0.3 is 6.18 Å². The Morgan fingerprint density at radius 3 is 2.41 bits per heavy atom. The van der Waals surface area contributed by atoms with E-state index < -0.39 is 39.1 Å². The molecule has 2 aromatic carbocycles. The third-order valence-corrected chi connectivity index (χ3v) is 7.14. The lowest BCUT2D eigenvalue weighted by molar-refractivity contribution is -0.139. The Labute approximate surface area is 187 Å². The third-order valence-electron chi connectivity index (χ3n) is 4.44. The molecule has 0 unspecified atom stereocenters. The zero-order valence-electron chi connectivity index (χ0n) is 16.8. The van der Waals surface area contributed by atoms with E-state index in [1.165, 1.54) is 42.7 Å². The molecule has 11 heteroatoms. The third kappa shape index (κ3) is 5.22. The number of ether oxygens (including phenoxy) is 1. The van der Waals surface area contributed by atoms with Crippen LogP contribution >= 0.6 is 11.3 Å². The topological polar surface area (TPSA) is 75.7 Å². The lowest BCUT2D eigenvalue weighted by atomic mass is 10.2. The molecule has 0 aliphatic carbocycles. The van der Waals surface area contributed by atoms with Gasteiger partial charge in [0.1, 0.15) is 12.3 Å². The van der Waals surface area contributed by atoms with Gasteiger partial charge in [-0.3, -0.25) is 9.10 Å².